The van der Waals surface area contributed by atoms with Crippen LogP contribution in [-0.2, 0) is 16.9 Å². The molecule has 0 spiro atoms. The molecule has 0 saturated carbocycles. The van der Waals surface area contributed by atoms with Gasteiger partial charge in [-0.1, -0.05) is 0 Å². The molecule has 0 atom stereocenters. The summed E-state index contributed by atoms with van der Waals surface area (Å²) in [7, 11) is 0. The number of amides is 1. The van der Waals surface area contributed by atoms with Gasteiger partial charge >= 0.3 is 0 Å². The topological polar surface area (TPSA) is 76.2 Å². The quantitative estimate of drug-likeness (QED) is 0.470. The smallest absolute Gasteiger partial charge is 0.237 e. The molecule has 0 radical (unpaired) electrons. The van der Waals surface area contributed by atoms with E-state index in [0.717, 1.165) is 12.1 Å². The van der Waals surface area contributed by atoms with E-state index in [-0.39, 0.29) is 23.7 Å². The summed E-state index contributed by atoms with van der Waals surface area (Å²) < 4.78 is 56.7. The molecule has 1 aromatic heterocycles. The van der Waals surface area contributed by atoms with E-state index in [1.807, 2.05) is 0 Å². The van der Waals surface area contributed by atoms with E-state index in [0.29, 0.717) is 30.4 Å². The van der Waals surface area contributed by atoms with Crippen molar-refractivity contribution in [2.24, 2.45) is 5.73 Å². The highest BCUT2D eigenvalue weighted by molar-refractivity contribution is 5.80. The molecule has 1 aliphatic rings. The van der Waals surface area contributed by atoms with Crippen LogP contribution in [0.3, 0.4) is 0 Å². The highest BCUT2D eigenvalue weighted by Crippen LogP contribution is 2.40. The number of carbonyl (C=O) groups is 1. The first kappa shape index (κ1) is 21.8. The fourth-order valence-corrected chi connectivity index (χ4v) is 3.97. The molecule has 1 amide bonds. The maximum atomic E-state index is 14.0. The number of carbonyl (C=O) groups excluding carboxylic acids is 1. The second kappa shape index (κ2) is 7.94. The fraction of sp³-hybridized carbons (Fsp3) is 0.273. The third-order valence-corrected chi connectivity index (χ3v) is 5.58. The van der Waals surface area contributed by atoms with Crippen molar-refractivity contribution in [2.45, 2.75) is 25.9 Å². The van der Waals surface area contributed by atoms with Gasteiger partial charge in [-0.2, -0.15) is 0 Å². The van der Waals surface area contributed by atoms with Crippen molar-refractivity contribution < 1.29 is 22.4 Å². The minimum Gasteiger partial charge on any atom is -0.340 e. The van der Waals surface area contributed by atoms with Gasteiger partial charge in [-0.05, 0) is 50.2 Å². The largest absolute Gasteiger partial charge is 0.340 e. The Morgan fingerprint density at radius 3 is 2.31 bits per heavy atom. The Bertz CT molecular complexity index is 1170. The Kier molecular flexibility index (Phi) is 5.41. The number of hydrogen-bond acceptors (Lipinski definition) is 4. The molecule has 168 valence electrons. The third-order valence-electron chi connectivity index (χ3n) is 5.58. The molecule has 1 aliphatic heterocycles. The predicted molar refractivity (Wildman–Crippen MR) is 111 cm³/mol. The number of rotatable bonds is 4. The minimum atomic E-state index is -1.58. The first-order valence-corrected chi connectivity index (χ1v) is 9.92. The van der Waals surface area contributed by atoms with E-state index in [9.17, 15) is 22.4 Å². The summed E-state index contributed by atoms with van der Waals surface area (Å²) in [5.41, 5.74) is 5.36. The molecule has 6 nitrogen and oxygen atoms in total. The Morgan fingerprint density at radius 2 is 1.72 bits per heavy atom. The first-order chi connectivity index (χ1) is 15.1. The molecule has 0 unspecified atom stereocenters. The lowest BCUT2D eigenvalue weighted by molar-refractivity contribution is -0.137. The molecule has 0 aliphatic carbocycles. The third kappa shape index (κ3) is 3.60. The van der Waals surface area contributed by atoms with Crippen LogP contribution in [0, 0.1) is 23.3 Å². The summed E-state index contributed by atoms with van der Waals surface area (Å²) in [6.45, 7) is 4.06. The fourth-order valence-electron chi connectivity index (χ4n) is 3.97. The molecule has 32 heavy (non-hydrogen) atoms. The van der Waals surface area contributed by atoms with Crippen molar-refractivity contribution >= 4 is 17.4 Å². The lowest BCUT2D eigenvalue weighted by atomic mass is 9.99. The van der Waals surface area contributed by atoms with Gasteiger partial charge in [0.1, 0.15) is 23.2 Å². The molecule has 4 rings (SSSR count). The number of anilines is 2. The second-order valence-corrected chi connectivity index (χ2v) is 7.98. The molecule has 2 aromatic carbocycles. The van der Waals surface area contributed by atoms with Gasteiger partial charge < -0.3 is 20.5 Å². The average Bonchev–Trinajstić information content (AvgIpc) is 3.12. The van der Waals surface area contributed by atoms with E-state index >= 15 is 0 Å². The molecule has 3 aromatic rings. The number of halogens is 4. The summed E-state index contributed by atoms with van der Waals surface area (Å²) in [6.07, 6.45) is 0. The van der Waals surface area contributed by atoms with Crippen LogP contribution in [0.4, 0.5) is 29.1 Å². The Balaban J connectivity index is 1.90. The molecule has 0 saturated heterocycles. The van der Waals surface area contributed by atoms with Gasteiger partial charge in [0.25, 0.3) is 0 Å². The molecule has 10 heteroatoms. The maximum Gasteiger partial charge on any atom is 0.237 e. The Labute approximate surface area is 181 Å². The van der Waals surface area contributed by atoms with Crippen LogP contribution < -0.4 is 11.1 Å². The van der Waals surface area contributed by atoms with Crippen molar-refractivity contribution in [1.29, 1.82) is 0 Å². The summed E-state index contributed by atoms with van der Waals surface area (Å²) in [4.78, 5) is 18.6. The van der Waals surface area contributed by atoms with Crippen LogP contribution >= 0.6 is 0 Å². The number of benzene rings is 2. The number of nitrogens with zero attached hydrogens (tertiary/aromatic N) is 3. The Morgan fingerprint density at radius 1 is 1.09 bits per heavy atom. The van der Waals surface area contributed by atoms with Crippen molar-refractivity contribution in [1.82, 2.24) is 14.5 Å². The second-order valence-electron chi connectivity index (χ2n) is 7.98. The van der Waals surface area contributed by atoms with Gasteiger partial charge in [0.2, 0.25) is 5.91 Å². The molecule has 2 heterocycles. The van der Waals surface area contributed by atoms with Gasteiger partial charge in [0.05, 0.1) is 12.1 Å². The standard InChI is InChI=1S/C22H21F4N5O/c1-22(2)21-29-19(12-9-15(24)18(26)16(25)10-12)20(28-14-5-3-13(23)4-6-14)30(21)7-8-31(22)17(32)11-27/h3-6,9-10,28H,7-8,11,27H2,1-2H3. The molecule has 0 bridgehead atoms. The number of imidazole rings is 1. The molecular formula is C22H21F4N5O. The maximum absolute atomic E-state index is 14.0. The van der Waals surface area contributed by atoms with Gasteiger partial charge in [-0.3, -0.25) is 4.79 Å². The normalized spacial score (nSPS) is 14.9. The zero-order valence-electron chi connectivity index (χ0n) is 17.4. The van der Waals surface area contributed by atoms with Gasteiger partial charge in [0.15, 0.2) is 17.5 Å². The summed E-state index contributed by atoms with van der Waals surface area (Å²) in [6, 6.07) is 7.25. The van der Waals surface area contributed by atoms with Crippen LogP contribution in [0.15, 0.2) is 36.4 Å². The molecular weight excluding hydrogens is 426 g/mol. The first-order valence-electron chi connectivity index (χ1n) is 9.92. The minimum absolute atomic E-state index is 0.0143. The lowest BCUT2D eigenvalue weighted by Gasteiger charge is -2.42. The summed E-state index contributed by atoms with van der Waals surface area (Å²) in [5, 5.41) is 3.12. The van der Waals surface area contributed by atoms with Crippen LogP contribution in [0.2, 0.25) is 0 Å². The highest BCUT2D eigenvalue weighted by atomic mass is 19.2. The lowest BCUT2D eigenvalue weighted by Crippen LogP contribution is -2.53. The number of hydrogen-bond donors (Lipinski definition) is 2. The van der Waals surface area contributed by atoms with Gasteiger partial charge in [-0.25, -0.2) is 22.5 Å². The predicted octanol–water partition coefficient (Wildman–Crippen LogP) is 3.89. The van der Waals surface area contributed by atoms with Gasteiger partial charge in [0, 0.05) is 24.3 Å². The van der Waals surface area contributed by atoms with E-state index < -0.39 is 28.8 Å². The van der Waals surface area contributed by atoms with Crippen molar-refractivity contribution in [2.75, 3.05) is 18.4 Å². The number of nitrogens with one attached hydrogen (secondary N) is 1. The van der Waals surface area contributed by atoms with Crippen LogP contribution in [0.5, 0.6) is 0 Å². The summed E-state index contributed by atoms with van der Waals surface area (Å²) >= 11 is 0. The zero-order chi connectivity index (χ0) is 23.2. The SMILES string of the molecule is CC1(C)c2nc(-c3cc(F)c(F)c(F)c3)c(Nc3ccc(F)cc3)n2CCN1C(=O)CN. The van der Waals surface area contributed by atoms with E-state index in [4.69, 9.17) is 5.73 Å². The Hall–Kier alpha value is -3.40. The van der Waals surface area contributed by atoms with Crippen molar-refractivity contribution in [3.63, 3.8) is 0 Å². The number of fused-ring (bicyclic) bond motifs is 1. The van der Waals surface area contributed by atoms with E-state index in [1.165, 1.54) is 24.3 Å². The highest BCUT2D eigenvalue weighted by Gasteiger charge is 2.41. The van der Waals surface area contributed by atoms with E-state index in [2.05, 4.69) is 10.3 Å². The monoisotopic (exact) mass is 447 g/mol. The number of aromatic nitrogens is 2. The van der Waals surface area contributed by atoms with Crippen molar-refractivity contribution in [3.8, 4) is 11.3 Å². The number of nitrogens with two attached hydrogens (primary N) is 1. The van der Waals surface area contributed by atoms with Crippen molar-refractivity contribution in [3.05, 3.63) is 65.5 Å². The molecule has 3 N–H and O–H groups in total. The summed E-state index contributed by atoms with van der Waals surface area (Å²) in [5.74, 6) is -4.13. The average molecular weight is 447 g/mol. The van der Waals surface area contributed by atoms with Crippen LogP contribution in [-0.4, -0.2) is 33.4 Å². The van der Waals surface area contributed by atoms with E-state index in [1.54, 1.807) is 23.3 Å². The molecule has 0 fully saturated rings. The zero-order valence-corrected chi connectivity index (χ0v) is 17.4. The van der Waals surface area contributed by atoms with Gasteiger partial charge in [-0.15, -0.1) is 0 Å². The van der Waals surface area contributed by atoms with Crippen LogP contribution in [0.25, 0.3) is 11.3 Å². The van der Waals surface area contributed by atoms with Crippen LogP contribution in [0.1, 0.15) is 19.7 Å².